The van der Waals surface area contributed by atoms with Crippen molar-refractivity contribution in [3.63, 3.8) is 0 Å². The maximum Gasteiger partial charge on any atom is 0.387 e. The van der Waals surface area contributed by atoms with Crippen molar-refractivity contribution in [3.8, 4) is 11.5 Å². The molecule has 0 aliphatic rings. The maximum atomic E-state index is 14.0. The first-order chi connectivity index (χ1) is 13.4. The predicted molar refractivity (Wildman–Crippen MR) is 102 cm³/mol. The van der Waals surface area contributed by atoms with Crippen LogP contribution in [0.1, 0.15) is 20.8 Å². The van der Waals surface area contributed by atoms with E-state index in [1.54, 1.807) is 25.1 Å². The number of benzene rings is 2. The molecule has 148 valence electrons. The van der Waals surface area contributed by atoms with Crippen LogP contribution in [0.2, 0.25) is 0 Å². The summed E-state index contributed by atoms with van der Waals surface area (Å²) in [5.74, 6) is -0.501. The number of methoxy groups -OCH3 is 1. The van der Waals surface area contributed by atoms with Gasteiger partial charge in [-0.3, -0.25) is 4.79 Å². The molecule has 0 aliphatic carbocycles. The minimum Gasteiger partial charge on any atom is -0.493 e. The van der Waals surface area contributed by atoms with Crippen molar-refractivity contribution in [2.24, 2.45) is 0 Å². The molecule has 1 amide bonds. The number of carbonyl (C=O) groups excluding carboxylic acids is 1. The van der Waals surface area contributed by atoms with Gasteiger partial charge in [0.05, 0.1) is 12.0 Å². The van der Waals surface area contributed by atoms with Crippen LogP contribution in [0.15, 0.2) is 36.4 Å². The number of amides is 1. The van der Waals surface area contributed by atoms with Gasteiger partial charge in [-0.05, 0) is 48.7 Å². The second kappa shape index (κ2) is 8.52. The van der Waals surface area contributed by atoms with E-state index in [-0.39, 0.29) is 29.8 Å². The summed E-state index contributed by atoms with van der Waals surface area (Å²) in [6.45, 7) is -0.954. The number of rotatable bonds is 7. The number of aryl methyl sites for hydroxylation is 1. The Kier molecular flexibility index (Phi) is 6.08. The standard InChI is InChI=1S/C20H18F3NO3S/c1-11-17-13(21)4-3-5-16(17)28-18(11)19(25)24-9-8-12-6-7-14(26-2)15(10-12)27-20(22)23/h3-7,10,20H,8-9H2,1-2H3,(H,24,25). The van der Waals surface area contributed by atoms with Crippen LogP contribution in [0.5, 0.6) is 11.5 Å². The highest BCUT2D eigenvalue weighted by atomic mass is 32.1. The van der Waals surface area contributed by atoms with Gasteiger partial charge < -0.3 is 14.8 Å². The zero-order chi connectivity index (χ0) is 20.3. The fourth-order valence-corrected chi connectivity index (χ4v) is 4.07. The van der Waals surface area contributed by atoms with Gasteiger partial charge in [0, 0.05) is 16.6 Å². The fraction of sp³-hybridized carbons (Fsp3) is 0.250. The van der Waals surface area contributed by atoms with E-state index < -0.39 is 6.61 Å². The van der Waals surface area contributed by atoms with Gasteiger partial charge in [0.2, 0.25) is 0 Å². The Morgan fingerprint density at radius 1 is 1.21 bits per heavy atom. The predicted octanol–water partition coefficient (Wildman–Crippen LogP) is 4.93. The van der Waals surface area contributed by atoms with Crippen LogP contribution in [0.25, 0.3) is 10.1 Å². The minimum atomic E-state index is -2.96. The number of carbonyl (C=O) groups is 1. The van der Waals surface area contributed by atoms with Crippen molar-refractivity contribution < 1.29 is 27.4 Å². The molecule has 0 bridgehead atoms. The molecule has 28 heavy (non-hydrogen) atoms. The van der Waals surface area contributed by atoms with Crippen LogP contribution >= 0.6 is 11.3 Å². The van der Waals surface area contributed by atoms with E-state index in [4.69, 9.17) is 4.74 Å². The van der Waals surface area contributed by atoms with Gasteiger partial charge in [-0.1, -0.05) is 12.1 Å². The number of halogens is 3. The largest absolute Gasteiger partial charge is 0.493 e. The Morgan fingerprint density at radius 2 is 2.00 bits per heavy atom. The molecule has 0 saturated heterocycles. The van der Waals surface area contributed by atoms with E-state index in [0.29, 0.717) is 32.5 Å². The first kappa shape index (κ1) is 20.0. The molecule has 0 atom stereocenters. The molecule has 1 aromatic heterocycles. The molecule has 0 aliphatic heterocycles. The van der Waals surface area contributed by atoms with Crippen molar-refractivity contribution in [2.75, 3.05) is 13.7 Å². The molecule has 0 saturated carbocycles. The van der Waals surface area contributed by atoms with E-state index in [1.165, 1.54) is 36.6 Å². The molecule has 8 heteroatoms. The lowest BCUT2D eigenvalue weighted by Crippen LogP contribution is -2.25. The molecular formula is C20H18F3NO3S. The number of hydrogen-bond donors (Lipinski definition) is 1. The Labute approximate surface area is 163 Å². The van der Waals surface area contributed by atoms with E-state index in [0.717, 1.165) is 0 Å². The normalized spacial score (nSPS) is 11.1. The fourth-order valence-electron chi connectivity index (χ4n) is 2.94. The highest BCUT2D eigenvalue weighted by Gasteiger charge is 2.17. The molecule has 2 aromatic carbocycles. The zero-order valence-electron chi connectivity index (χ0n) is 15.2. The van der Waals surface area contributed by atoms with E-state index >= 15 is 0 Å². The summed E-state index contributed by atoms with van der Waals surface area (Å²) in [7, 11) is 1.36. The third-order valence-electron chi connectivity index (χ3n) is 4.25. The molecule has 0 spiro atoms. The van der Waals surface area contributed by atoms with Crippen molar-refractivity contribution in [3.05, 3.63) is 58.2 Å². The molecular weight excluding hydrogens is 391 g/mol. The van der Waals surface area contributed by atoms with Crippen LogP contribution < -0.4 is 14.8 Å². The van der Waals surface area contributed by atoms with E-state index in [2.05, 4.69) is 10.1 Å². The molecule has 4 nitrogen and oxygen atoms in total. The monoisotopic (exact) mass is 409 g/mol. The van der Waals surface area contributed by atoms with Gasteiger partial charge in [0.15, 0.2) is 11.5 Å². The summed E-state index contributed by atoms with van der Waals surface area (Å²) in [6, 6.07) is 9.45. The van der Waals surface area contributed by atoms with Crippen molar-refractivity contribution >= 4 is 27.3 Å². The van der Waals surface area contributed by atoms with E-state index in [1.807, 2.05) is 0 Å². The Hall–Kier alpha value is -2.74. The third kappa shape index (κ3) is 4.22. The lowest BCUT2D eigenvalue weighted by molar-refractivity contribution is -0.0512. The average molecular weight is 409 g/mol. The first-order valence-corrected chi connectivity index (χ1v) is 9.30. The number of alkyl halides is 2. The topological polar surface area (TPSA) is 47.6 Å². The number of fused-ring (bicyclic) bond motifs is 1. The smallest absolute Gasteiger partial charge is 0.387 e. The summed E-state index contributed by atoms with van der Waals surface area (Å²) < 4.78 is 49.2. The Balaban J connectivity index is 1.68. The number of thiophene rings is 1. The summed E-state index contributed by atoms with van der Waals surface area (Å²) in [5.41, 5.74) is 1.31. The first-order valence-electron chi connectivity index (χ1n) is 8.48. The SMILES string of the molecule is COc1ccc(CCNC(=O)c2sc3cccc(F)c3c2C)cc1OC(F)F. The molecule has 0 unspecified atom stereocenters. The molecule has 3 aromatic rings. The van der Waals surface area contributed by atoms with Crippen molar-refractivity contribution in [1.29, 1.82) is 0 Å². The minimum absolute atomic E-state index is 0.0582. The molecule has 3 rings (SSSR count). The van der Waals surface area contributed by atoms with Gasteiger partial charge in [-0.2, -0.15) is 8.78 Å². The zero-order valence-corrected chi connectivity index (χ0v) is 16.0. The van der Waals surface area contributed by atoms with Crippen LogP contribution in [-0.4, -0.2) is 26.2 Å². The average Bonchev–Trinajstić information content (AvgIpc) is 2.99. The maximum absolute atomic E-state index is 14.0. The van der Waals surface area contributed by atoms with E-state index in [9.17, 15) is 18.0 Å². The summed E-state index contributed by atoms with van der Waals surface area (Å²) in [6.07, 6.45) is 0.410. The summed E-state index contributed by atoms with van der Waals surface area (Å²) in [5, 5.41) is 3.25. The highest BCUT2D eigenvalue weighted by Crippen LogP contribution is 2.32. The van der Waals surface area contributed by atoms with Crippen LogP contribution in [0.3, 0.4) is 0 Å². The lowest BCUT2D eigenvalue weighted by Gasteiger charge is -2.12. The van der Waals surface area contributed by atoms with Gasteiger partial charge in [-0.25, -0.2) is 4.39 Å². The second-order valence-corrected chi connectivity index (χ2v) is 7.09. The molecule has 0 radical (unpaired) electrons. The number of nitrogens with one attached hydrogen (secondary N) is 1. The quantitative estimate of drug-likeness (QED) is 0.602. The van der Waals surface area contributed by atoms with Crippen molar-refractivity contribution in [2.45, 2.75) is 20.0 Å². The second-order valence-electron chi connectivity index (χ2n) is 6.04. The van der Waals surface area contributed by atoms with Crippen LogP contribution in [0.4, 0.5) is 13.2 Å². The van der Waals surface area contributed by atoms with Gasteiger partial charge in [-0.15, -0.1) is 11.3 Å². The van der Waals surface area contributed by atoms with Gasteiger partial charge >= 0.3 is 6.61 Å². The number of hydrogen-bond acceptors (Lipinski definition) is 4. The van der Waals surface area contributed by atoms with Crippen LogP contribution in [-0.2, 0) is 6.42 Å². The van der Waals surface area contributed by atoms with Gasteiger partial charge in [0.25, 0.3) is 5.91 Å². The summed E-state index contributed by atoms with van der Waals surface area (Å²) in [4.78, 5) is 12.9. The highest BCUT2D eigenvalue weighted by molar-refractivity contribution is 7.21. The lowest BCUT2D eigenvalue weighted by atomic mass is 10.1. The van der Waals surface area contributed by atoms with Crippen molar-refractivity contribution in [1.82, 2.24) is 5.32 Å². The van der Waals surface area contributed by atoms with Crippen LogP contribution in [0, 0.1) is 12.7 Å². The molecule has 1 N–H and O–H groups in total. The Morgan fingerprint density at radius 3 is 2.68 bits per heavy atom. The number of ether oxygens (including phenoxy) is 2. The summed E-state index contributed by atoms with van der Waals surface area (Å²) >= 11 is 1.23. The molecule has 1 heterocycles. The Bertz CT molecular complexity index is 1000. The molecule has 0 fully saturated rings. The van der Waals surface area contributed by atoms with Gasteiger partial charge in [0.1, 0.15) is 5.82 Å². The third-order valence-corrected chi connectivity index (χ3v) is 5.51.